The third kappa shape index (κ3) is 3.59. The maximum absolute atomic E-state index is 4.71. The van der Waals surface area contributed by atoms with Crippen molar-refractivity contribution in [3.8, 4) is 0 Å². The summed E-state index contributed by atoms with van der Waals surface area (Å²) < 4.78 is 2.07. The van der Waals surface area contributed by atoms with E-state index < -0.39 is 0 Å². The molecule has 1 heterocycles. The third-order valence-corrected chi connectivity index (χ3v) is 4.70. The smallest absolute Gasteiger partial charge is 0.0628 e. The van der Waals surface area contributed by atoms with Crippen molar-refractivity contribution in [2.24, 2.45) is 11.8 Å². The molecule has 0 aromatic carbocycles. The van der Waals surface area contributed by atoms with Crippen LogP contribution in [0.25, 0.3) is 0 Å². The zero-order valence-corrected chi connectivity index (χ0v) is 12.9. The van der Waals surface area contributed by atoms with Crippen molar-refractivity contribution in [1.29, 1.82) is 0 Å². The molecule has 1 aromatic rings. The molecule has 0 radical (unpaired) electrons. The molecular weight excluding hydrogens is 234 g/mol. The molecule has 0 saturated heterocycles. The molecule has 0 spiro atoms. The van der Waals surface area contributed by atoms with Gasteiger partial charge in [-0.05, 0) is 64.5 Å². The summed E-state index contributed by atoms with van der Waals surface area (Å²) in [5.74, 6) is 1.67. The lowest BCUT2D eigenvalue weighted by atomic mass is 9.75. The molecule has 2 rings (SSSR count). The molecule has 3 unspecified atom stereocenters. The molecule has 0 amide bonds. The van der Waals surface area contributed by atoms with Crippen LogP contribution in [-0.2, 0) is 6.42 Å². The maximum atomic E-state index is 4.71. The van der Waals surface area contributed by atoms with Gasteiger partial charge in [0, 0.05) is 18.3 Å². The van der Waals surface area contributed by atoms with Crippen LogP contribution in [0.3, 0.4) is 0 Å². The zero-order chi connectivity index (χ0) is 13.8. The fraction of sp³-hybridized carbons (Fsp3) is 0.812. The highest BCUT2D eigenvalue weighted by Gasteiger charge is 2.29. The Morgan fingerprint density at radius 3 is 2.79 bits per heavy atom. The fourth-order valence-electron chi connectivity index (χ4n) is 3.38. The van der Waals surface area contributed by atoms with Crippen LogP contribution in [0.2, 0.25) is 0 Å². The molecule has 108 valence electrons. The van der Waals surface area contributed by atoms with Crippen LogP contribution in [0, 0.1) is 11.8 Å². The molecule has 1 aliphatic carbocycles. The van der Waals surface area contributed by atoms with Gasteiger partial charge in [0.25, 0.3) is 0 Å². The highest BCUT2D eigenvalue weighted by atomic mass is 15.3. The van der Waals surface area contributed by atoms with Gasteiger partial charge in [-0.2, -0.15) is 5.10 Å². The van der Waals surface area contributed by atoms with E-state index in [2.05, 4.69) is 50.1 Å². The minimum Gasteiger partial charge on any atom is -0.317 e. The Morgan fingerprint density at radius 2 is 2.21 bits per heavy atom. The summed E-state index contributed by atoms with van der Waals surface area (Å²) in [5, 5.41) is 8.23. The van der Waals surface area contributed by atoms with Crippen molar-refractivity contribution in [3.05, 3.63) is 18.0 Å². The second kappa shape index (κ2) is 6.56. The minimum absolute atomic E-state index is 0.462. The lowest BCUT2D eigenvalue weighted by Crippen LogP contribution is -2.39. The first kappa shape index (κ1) is 14.6. The summed E-state index contributed by atoms with van der Waals surface area (Å²) in [6.07, 6.45) is 8.64. The topological polar surface area (TPSA) is 29.9 Å². The van der Waals surface area contributed by atoms with Crippen molar-refractivity contribution < 1.29 is 0 Å². The number of rotatable bonds is 5. The number of hydrogen-bond acceptors (Lipinski definition) is 2. The van der Waals surface area contributed by atoms with Crippen molar-refractivity contribution in [2.45, 2.75) is 65.0 Å². The molecule has 1 aliphatic rings. The number of hydrogen-bond donors (Lipinski definition) is 1. The van der Waals surface area contributed by atoms with E-state index in [-0.39, 0.29) is 0 Å². The zero-order valence-electron chi connectivity index (χ0n) is 12.9. The van der Waals surface area contributed by atoms with E-state index in [0.717, 1.165) is 18.3 Å². The van der Waals surface area contributed by atoms with Crippen LogP contribution in [0.5, 0.6) is 0 Å². The number of aromatic nitrogens is 2. The third-order valence-electron chi connectivity index (χ3n) is 4.70. The molecule has 19 heavy (non-hydrogen) atoms. The Labute approximate surface area is 117 Å². The van der Waals surface area contributed by atoms with Crippen LogP contribution in [0.15, 0.2) is 12.3 Å². The fourth-order valence-corrected chi connectivity index (χ4v) is 3.38. The molecule has 1 saturated carbocycles. The van der Waals surface area contributed by atoms with Crippen LogP contribution < -0.4 is 5.32 Å². The molecule has 3 nitrogen and oxygen atoms in total. The standard InChI is InChI=1S/C16H29N3/c1-5-13-6-7-16(17-4)14(10-13)11-15-8-9-19(18-15)12(2)3/h8-9,12-14,16-17H,5-7,10-11H2,1-4H3. The van der Waals surface area contributed by atoms with E-state index in [1.165, 1.54) is 31.4 Å². The maximum Gasteiger partial charge on any atom is 0.0628 e. The Morgan fingerprint density at radius 1 is 1.42 bits per heavy atom. The van der Waals surface area contributed by atoms with Gasteiger partial charge in [0.05, 0.1) is 5.69 Å². The highest BCUT2D eigenvalue weighted by Crippen LogP contribution is 2.33. The van der Waals surface area contributed by atoms with E-state index in [9.17, 15) is 0 Å². The summed E-state index contributed by atoms with van der Waals surface area (Å²) in [7, 11) is 2.11. The van der Waals surface area contributed by atoms with Gasteiger partial charge in [-0.15, -0.1) is 0 Å². The Balaban J connectivity index is 2.01. The monoisotopic (exact) mass is 263 g/mol. The molecular formula is C16H29N3. The minimum atomic E-state index is 0.462. The van der Waals surface area contributed by atoms with Crippen LogP contribution >= 0.6 is 0 Å². The van der Waals surface area contributed by atoms with Crippen molar-refractivity contribution >= 4 is 0 Å². The first-order chi connectivity index (χ1) is 9.13. The van der Waals surface area contributed by atoms with Crippen LogP contribution in [0.4, 0.5) is 0 Å². The van der Waals surface area contributed by atoms with Gasteiger partial charge in [0.1, 0.15) is 0 Å². The average molecular weight is 263 g/mol. The molecule has 1 fully saturated rings. The SMILES string of the molecule is CCC1CCC(NC)C(Cc2ccn(C(C)C)n2)C1. The second-order valence-corrected chi connectivity index (χ2v) is 6.33. The van der Waals surface area contributed by atoms with Gasteiger partial charge >= 0.3 is 0 Å². The second-order valence-electron chi connectivity index (χ2n) is 6.33. The predicted molar refractivity (Wildman–Crippen MR) is 80.3 cm³/mol. The summed E-state index contributed by atoms with van der Waals surface area (Å²) in [6, 6.07) is 3.33. The first-order valence-electron chi connectivity index (χ1n) is 7.85. The van der Waals surface area contributed by atoms with Gasteiger partial charge in [0.15, 0.2) is 0 Å². The Hall–Kier alpha value is -0.830. The van der Waals surface area contributed by atoms with Gasteiger partial charge < -0.3 is 5.32 Å². The van der Waals surface area contributed by atoms with Gasteiger partial charge in [-0.3, -0.25) is 4.68 Å². The highest BCUT2D eigenvalue weighted by molar-refractivity contribution is 5.03. The predicted octanol–water partition coefficient (Wildman–Crippen LogP) is 3.42. The van der Waals surface area contributed by atoms with E-state index in [4.69, 9.17) is 5.10 Å². The quantitative estimate of drug-likeness (QED) is 0.882. The van der Waals surface area contributed by atoms with Crippen LogP contribution in [-0.4, -0.2) is 22.9 Å². The van der Waals surface area contributed by atoms with Crippen LogP contribution in [0.1, 0.15) is 58.2 Å². The van der Waals surface area contributed by atoms with Gasteiger partial charge in [-0.25, -0.2) is 0 Å². The number of nitrogens with zero attached hydrogens (tertiary/aromatic N) is 2. The normalized spacial score (nSPS) is 27.9. The van der Waals surface area contributed by atoms with E-state index in [0.29, 0.717) is 12.1 Å². The molecule has 0 aliphatic heterocycles. The summed E-state index contributed by atoms with van der Waals surface area (Å²) in [4.78, 5) is 0. The van der Waals surface area contributed by atoms with E-state index >= 15 is 0 Å². The lowest BCUT2D eigenvalue weighted by molar-refractivity contribution is 0.204. The van der Waals surface area contributed by atoms with Crippen molar-refractivity contribution in [1.82, 2.24) is 15.1 Å². The largest absolute Gasteiger partial charge is 0.317 e. The number of nitrogens with one attached hydrogen (secondary N) is 1. The summed E-state index contributed by atoms with van der Waals surface area (Å²) >= 11 is 0. The molecule has 1 aromatic heterocycles. The molecule has 3 atom stereocenters. The van der Waals surface area contributed by atoms with Crippen molar-refractivity contribution in [2.75, 3.05) is 7.05 Å². The first-order valence-corrected chi connectivity index (χ1v) is 7.85. The van der Waals surface area contributed by atoms with Gasteiger partial charge in [0.2, 0.25) is 0 Å². The summed E-state index contributed by atoms with van der Waals surface area (Å²) in [5.41, 5.74) is 1.26. The van der Waals surface area contributed by atoms with E-state index in [1.807, 2.05) is 0 Å². The average Bonchev–Trinajstić information content (AvgIpc) is 2.87. The molecule has 3 heteroatoms. The summed E-state index contributed by atoms with van der Waals surface area (Å²) in [6.45, 7) is 6.69. The van der Waals surface area contributed by atoms with Gasteiger partial charge in [-0.1, -0.05) is 13.3 Å². The van der Waals surface area contributed by atoms with E-state index in [1.54, 1.807) is 0 Å². The molecule has 1 N–H and O–H groups in total. The Kier molecular flexibility index (Phi) is 5.03. The Bertz CT molecular complexity index is 383. The van der Waals surface area contributed by atoms with Crippen molar-refractivity contribution in [3.63, 3.8) is 0 Å². The molecule has 0 bridgehead atoms. The lowest BCUT2D eigenvalue weighted by Gasteiger charge is -2.35.